The maximum absolute atomic E-state index is 11.7. The average Bonchev–Trinajstić information content (AvgIpc) is 2.01. The maximum Gasteiger partial charge on any atom is 0.249 e. The highest BCUT2D eigenvalue weighted by Crippen LogP contribution is 2.14. The summed E-state index contributed by atoms with van der Waals surface area (Å²) in [5.41, 5.74) is 0. The minimum atomic E-state index is 0.0978. The fourth-order valence-corrected chi connectivity index (χ4v) is 2.28. The van der Waals surface area contributed by atoms with Gasteiger partial charge in [-0.25, -0.2) is 0 Å². The molecule has 0 aromatic carbocycles. The van der Waals surface area contributed by atoms with Gasteiger partial charge in [0.2, 0.25) is 5.91 Å². The van der Waals surface area contributed by atoms with Gasteiger partial charge in [0.15, 0.2) is 0 Å². The van der Waals surface area contributed by atoms with E-state index in [1.807, 2.05) is 4.90 Å². The third-order valence-electron chi connectivity index (χ3n) is 2.66. The average molecular weight is 200 g/mol. The van der Waals surface area contributed by atoms with Crippen LogP contribution in [0.3, 0.4) is 0 Å². The molecule has 1 rings (SSSR count). The van der Waals surface area contributed by atoms with E-state index in [-0.39, 0.29) is 24.6 Å². The first-order valence-electron chi connectivity index (χ1n) is 5.05. The molecular weight excluding hydrogens is 180 g/mol. The van der Waals surface area contributed by atoms with Crippen LogP contribution in [0.4, 0.5) is 0 Å². The van der Waals surface area contributed by atoms with Crippen molar-refractivity contribution in [2.24, 2.45) is 0 Å². The van der Waals surface area contributed by atoms with Crippen molar-refractivity contribution in [3.63, 3.8) is 0 Å². The topological polar surface area (TPSA) is 32.8 Å². The second-order valence-corrected chi connectivity index (χ2v) is 4.15. The summed E-state index contributed by atoms with van der Waals surface area (Å²) in [6.45, 7) is 6.25. The normalized spacial score (nSPS) is 29.3. The number of nitrogens with zero attached hydrogens (tertiary/aromatic N) is 2. The zero-order valence-corrected chi connectivity index (χ0v) is 9.49. The summed E-state index contributed by atoms with van der Waals surface area (Å²) < 4.78 is 4.88. The van der Waals surface area contributed by atoms with Crippen LogP contribution >= 0.6 is 0 Å². The van der Waals surface area contributed by atoms with Gasteiger partial charge in [-0.3, -0.25) is 4.79 Å². The quantitative estimate of drug-likeness (QED) is 0.637. The molecule has 0 aliphatic carbocycles. The number of hydrogen-bond acceptors (Lipinski definition) is 3. The van der Waals surface area contributed by atoms with Gasteiger partial charge in [-0.15, -0.1) is 0 Å². The second-order valence-electron chi connectivity index (χ2n) is 4.15. The third kappa shape index (κ3) is 2.45. The lowest BCUT2D eigenvalue weighted by Gasteiger charge is -2.43. The van der Waals surface area contributed by atoms with E-state index in [4.69, 9.17) is 4.74 Å². The number of hydrogen-bond donors (Lipinski definition) is 0. The molecule has 82 valence electrons. The first-order valence-corrected chi connectivity index (χ1v) is 5.05. The first-order chi connectivity index (χ1) is 6.56. The highest BCUT2D eigenvalue weighted by atomic mass is 16.5. The molecule has 2 unspecified atom stereocenters. The maximum atomic E-state index is 11.7. The Morgan fingerprint density at radius 1 is 1.36 bits per heavy atom. The lowest BCUT2D eigenvalue weighted by atomic mass is 10.1. The van der Waals surface area contributed by atoms with Gasteiger partial charge in [0, 0.05) is 32.3 Å². The minimum Gasteiger partial charge on any atom is -0.375 e. The van der Waals surface area contributed by atoms with Gasteiger partial charge in [-0.2, -0.15) is 0 Å². The van der Waals surface area contributed by atoms with E-state index < -0.39 is 0 Å². The highest BCUT2D eigenvalue weighted by Gasteiger charge is 2.30. The molecule has 1 fully saturated rings. The van der Waals surface area contributed by atoms with Crippen LogP contribution in [0.15, 0.2) is 0 Å². The molecule has 14 heavy (non-hydrogen) atoms. The predicted molar refractivity (Wildman–Crippen MR) is 55.1 cm³/mol. The third-order valence-corrected chi connectivity index (χ3v) is 2.66. The van der Waals surface area contributed by atoms with Gasteiger partial charge in [0.05, 0.1) is 0 Å². The molecule has 0 radical (unpaired) electrons. The Kier molecular flexibility index (Phi) is 3.89. The summed E-state index contributed by atoms with van der Waals surface area (Å²) in [7, 11) is 3.65. The van der Waals surface area contributed by atoms with E-state index in [0.717, 1.165) is 13.1 Å². The van der Waals surface area contributed by atoms with Crippen LogP contribution in [0.5, 0.6) is 0 Å². The molecule has 0 saturated carbocycles. The van der Waals surface area contributed by atoms with Gasteiger partial charge in [0.1, 0.15) is 6.61 Å². The zero-order chi connectivity index (χ0) is 10.7. The van der Waals surface area contributed by atoms with Crippen molar-refractivity contribution in [2.45, 2.75) is 25.9 Å². The van der Waals surface area contributed by atoms with Crippen molar-refractivity contribution in [3.05, 3.63) is 0 Å². The molecule has 4 nitrogen and oxygen atoms in total. The SMILES string of the molecule is COCC(=O)N1C(C)CN(C)CC1C. The standard InChI is InChI=1S/C10H20N2O2/c1-8-5-11(3)6-9(2)12(8)10(13)7-14-4/h8-9H,5-7H2,1-4H3. The molecule has 0 aromatic rings. The van der Waals surface area contributed by atoms with Crippen LogP contribution in [-0.4, -0.2) is 61.6 Å². The summed E-state index contributed by atoms with van der Waals surface area (Å²) in [6.07, 6.45) is 0. The molecule has 1 saturated heterocycles. The van der Waals surface area contributed by atoms with Crippen molar-refractivity contribution < 1.29 is 9.53 Å². The number of ether oxygens (including phenoxy) is 1. The van der Waals surface area contributed by atoms with Crippen LogP contribution in [0.2, 0.25) is 0 Å². The predicted octanol–water partition coefficient (Wildman–Crippen LogP) is 0.184. The molecule has 1 amide bonds. The van der Waals surface area contributed by atoms with Gasteiger partial charge < -0.3 is 14.5 Å². The Hall–Kier alpha value is -0.610. The highest BCUT2D eigenvalue weighted by molar-refractivity contribution is 5.78. The number of methoxy groups -OCH3 is 1. The molecule has 4 heteroatoms. The Labute approximate surface area is 85.8 Å². The summed E-state index contributed by atoms with van der Waals surface area (Å²) in [6, 6.07) is 0.567. The monoisotopic (exact) mass is 200 g/mol. The van der Waals surface area contributed by atoms with Crippen molar-refractivity contribution >= 4 is 5.91 Å². The van der Waals surface area contributed by atoms with E-state index >= 15 is 0 Å². The van der Waals surface area contributed by atoms with Crippen LogP contribution in [0.1, 0.15) is 13.8 Å². The fraction of sp³-hybridized carbons (Fsp3) is 0.900. The number of carbonyl (C=O) groups is 1. The van der Waals surface area contributed by atoms with Crippen molar-refractivity contribution in [3.8, 4) is 0 Å². The molecule has 0 bridgehead atoms. The van der Waals surface area contributed by atoms with Gasteiger partial charge in [-0.05, 0) is 20.9 Å². The van der Waals surface area contributed by atoms with E-state index in [1.54, 1.807) is 7.11 Å². The van der Waals surface area contributed by atoms with Gasteiger partial charge in [0.25, 0.3) is 0 Å². The molecule has 0 spiro atoms. The minimum absolute atomic E-state index is 0.0978. The van der Waals surface area contributed by atoms with Crippen molar-refractivity contribution in [1.82, 2.24) is 9.80 Å². The lowest BCUT2D eigenvalue weighted by Crippen LogP contribution is -2.58. The molecule has 1 heterocycles. The number of likely N-dealkylation sites (N-methyl/N-ethyl adjacent to an activating group) is 1. The molecule has 0 aromatic heterocycles. The lowest BCUT2D eigenvalue weighted by molar-refractivity contribution is -0.142. The van der Waals surface area contributed by atoms with Crippen LogP contribution < -0.4 is 0 Å². The second kappa shape index (κ2) is 4.75. The Balaban J connectivity index is 2.62. The Morgan fingerprint density at radius 3 is 2.29 bits per heavy atom. The van der Waals surface area contributed by atoms with Crippen molar-refractivity contribution in [1.29, 1.82) is 0 Å². The fourth-order valence-electron chi connectivity index (χ4n) is 2.28. The Morgan fingerprint density at radius 2 is 1.86 bits per heavy atom. The number of amides is 1. The molecule has 0 N–H and O–H groups in total. The number of piperazine rings is 1. The van der Waals surface area contributed by atoms with E-state index in [2.05, 4.69) is 25.8 Å². The largest absolute Gasteiger partial charge is 0.375 e. The smallest absolute Gasteiger partial charge is 0.249 e. The molecule has 2 atom stereocenters. The van der Waals surface area contributed by atoms with Gasteiger partial charge in [-0.1, -0.05) is 0 Å². The Bertz CT molecular complexity index is 196. The van der Waals surface area contributed by atoms with E-state index in [1.165, 1.54) is 0 Å². The summed E-state index contributed by atoms with van der Waals surface area (Å²) >= 11 is 0. The first kappa shape index (κ1) is 11.5. The van der Waals surface area contributed by atoms with Crippen LogP contribution in [0.25, 0.3) is 0 Å². The van der Waals surface area contributed by atoms with Crippen LogP contribution in [0, 0.1) is 0 Å². The van der Waals surface area contributed by atoms with Gasteiger partial charge >= 0.3 is 0 Å². The molecule has 1 aliphatic rings. The van der Waals surface area contributed by atoms with E-state index in [0.29, 0.717) is 0 Å². The summed E-state index contributed by atoms with van der Waals surface area (Å²) in [5, 5.41) is 0. The summed E-state index contributed by atoms with van der Waals surface area (Å²) in [4.78, 5) is 15.9. The van der Waals surface area contributed by atoms with E-state index in [9.17, 15) is 4.79 Å². The number of rotatable bonds is 2. The van der Waals surface area contributed by atoms with Crippen molar-refractivity contribution in [2.75, 3.05) is 33.9 Å². The number of carbonyl (C=O) groups excluding carboxylic acids is 1. The molecule has 1 aliphatic heterocycles. The van der Waals surface area contributed by atoms with Crippen LogP contribution in [-0.2, 0) is 9.53 Å². The molecular formula is C10H20N2O2. The zero-order valence-electron chi connectivity index (χ0n) is 9.49. The summed E-state index contributed by atoms with van der Waals surface area (Å²) in [5.74, 6) is 0.0978.